The van der Waals surface area contributed by atoms with Crippen molar-refractivity contribution in [3.63, 3.8) is 0 Å². The van der Waals surface area contributed by atoms with E-state index in [-0.39, 0.29) is 22.2 Å². The molecule has 9 heteroatoms. The van der Waals surface area contributed by atoms with E-state index in [1.807, 2.05) is 31.2 Å². The van der Waals surface area contributed by atoms with Crippen molar-refractivity contribution in [1.29, 1.82) is 0 Å². The minimum atomic E-state index is -4.27. The van der Waals surface area contributed by atoms with Gasteiger partial charge in [0, 0.05) is 30.4 Å². The second kappa shape index (κ2) is 8.34. The smallest absolute Gasteiger partial charge is 0.339 e. The van der Waals surface area contributed by atoms with Gasteiger partial charge in [0.15, 0.2) is 0 Å². The Balaban J connectivity index is 1.76. The summed E-state index contributed by atoms with van der Waals surface area (Å²) in [4.78, 5) is 24.0. The van der Waals surface area contributed by atoms with Crippen molar-refractivity contribution in [2.75, 3.05) is 11.9 Å². The molecule has 30 heavy (non-hydrogen) atoms. The maximum atomic E-state index is 12.7. The number of non-ortho nitro benzene ring substituents is 1. The lowest BCUT2D eigenvalue weighted by Crippen LogP contribution is -2.26. The highest BCUT2D eigenvalue weighted by molar-refractivity contribution is 7.87. The molecule has 0 aromatic heterocycles. The van der Waals surface area contributed by atoms with E-state index in [1.54, 1.807) is 7.05 Å². The van der Waals surface area contributed by atoms with Crippen molar-refractivity contribution in [1.82, 2.24) is 0 Å². The van der Waals surface area contributed by atoms with Gasteiger partial charge in [-0.1, -0.05) is 23.8 Å². The third-order valence-corrected chi connectivity index (χ3v) is 5.59. The van der Waals surface area contributed by atoms with Gasteiger partial charge < -0.3 is 9.08 Å². The average Bonchev–Trinajstić information content (AvgIpc) is 2.73. The van der Waals surface area contributed by atoms with Gasteiger partial charge in [-0.3, -0.25) is 14.9 Å². The summed E-state index contributed by atoms with van der Waals surface area (Å²) in [5.74, 6) is -0.289. The monoisotopic (exact) mass is 426 g/mol. The molecule has 3 aromatic carbocycles. The van der Waals surface area contributed by atoms with Crippen LogP contribution in [0, 0.1) is 17.0 Å². The van der Waals surface area contributed by atoms with Gasteiger partial charge in [0.2, 0.25) is 0 Å². The topological polar surface area (TPSA) is 107 Å². The molecule has 0 aliphatic heterocycles. The molecule has 0 N–H and O–H groups in total. The molecule has 8 nitrogen and oxygen atoms in total. The van der Waals surface area contributed by atoms with Crippen LogP contribution in [0.2, 0.25) is 0 Å². The molecule has 0 fully saturated rings. The summed E-state index contributed by atoms with van der Waals surface area (Å²) >= 11 is 0. The number of amides is 1. The molecule has 0 saturated carbocycles. The number of hydrogen-bond acceptors (Lipinski definition) is 6. The van der Waals surface area contributed by atoms with E-state index in [0.717, 1.165) is 17.3 Å². The van der Waals surface area contributed by atoms with Gasteiger partial charge in [-0.05, 0) is 49.4 Å². The fourth-order valence-corrected chi connectivity index (χ4v) is 3.63. The quantitative estimate of drug-likeness (QED) is 0.336. The van der Waals surface area contributed by atoms with Gasteiger partial charge >= 0.3 is 10.1 Å². The Labute approximate surface area is 173 Å². The molecule has 0 saturated heterocycles. The standard InChI is InChI=1S/C21H18N2O6S/c1-15-6-10-17(11-7-15)22(2)21(24)16-8-12-19(13-9-16)29-30(27,28)20-5-3-4-18(14-20)23(25)26/h3-14H,1-2H3. The van der Waals surface area contributed by atoms with Crippen molar-refractivity contribution in [2.45, 2.75) is 11.8 Å². The molecular weight excluding hydrogens is 408 g/mol. The van der Waals surface area contributed by atoms with E-state index in [0.29, 0.717) is 5.56 Å². The highest BCUT2D eigenvalue weighted by Crippen LogP contribution is 2.23. The molecule has 0 spiro atoms. The number of benzene rings is 3. The molecule has 0 unspecified atom stereocenters. The summed E-state index contributed by atoms with van der Waals surface area (Å²) in [6.45, 7) is 1.95. The molecule has 0 aliphatic carbocycles. The minimum Gasteiger partial charge on any atom is -0.379 e. The lowest BCUT2D eigenvalue weighted by molar-refractivity contribution is -0.385. The maximum absolute atomic E-state index is 12.7. The number of nitro groups is 1. The highest BCUT2D eigenvalue weighted by Gasteiger charge is 2.20. The summed E-state index contributed by atoms with van der Waals surface area (Å²) in [5, 5.41) is 10.8. The zero-order valence-corrected chi connectivity index (χ0v) is 17.0. The number of hydrogen-bond donors (Lipinski definition) is 0. The first-order chi connectivity index (χ1) is 14.2. The number of anilines is 1. The van der Waals surface area contributed by atoms with Gasteiger partial charge in [-0.2, -0.15) is 8.42 Å². The van der Waals surface area contributed by atoms with Gasteiger partial charge in [-0.15, -0.1) is 0 Å². The molecule has 1 amide bonds. The van der Waals surface area contributed by atoms with Crippen LogP contribution in [-0.4, -0.2) is 26.3 Å². The number of carbonyl (C=O) groups excluding carboxylic acids is 1. The summed E-state index contributed by atoms with van der Waals surface area (Å²) in [7, 11) is -2.62. The molecule has 0 aliphatic rings. The lowest BCUT2D eigenvalue weighted by atomic mass is 10.1. The average molecular weight is 426 g/mol. The van der Waals surface area contributed by atoms with Crippen molar-refractivity contribution >= 4 is 27.4 Å². The SMILES string of the molecule is Cc1ccc(N(C)C(=O)c2ccc(OS(=O)(=O)c3cccc([N+](=O)[O-])c3)cc2)cc1. The van der Waals surface area contributed by atoms with Crippen LogP contribution in [0.5, 0.6) is 5.75 Å². The van der Waals surface area contributed by atoms with E-state index in [2.05, 4.69) is 0 Å². The predicted molar refractivity (Wildman–Crippen MR) is 111 cm³/mol. The Bertz CT molecular complexity index is 1190. The van der Waals surface area contributed by atoms with E-state index in [9.17, 15) is 23.3 Å². The third-order valence-electron chi connectivity index (χ3n) is 4.35. The zero-order chi connectivity index (χ0) is 21.9. The maximum Gasteiger partial charge on any atom is 0.339 e. The van der Waals surface area contributed by atoms with Crippen LogP contribution >= 0.6 is 0 Å². The molecule has 0 atom stereocenters. The van der Waals surface area contributed by atoms with E-state index in [1.165, 1.54) is 47.4 Å². The second-order valence-corrected chi connectivity index (χ2v) is 8.06. The first-order valence-corrected chi connectivity index (χ1v) is 10.2. The van der Waals surface area contributed by atoms with Crippen LogP contribution in [0.4, 0.5) is 11.4 Å². The second-order valence-electron chi connectivity index (χ2n) is 6.52. The molecule has 3 rings (SSSR count). The first kappa shape index (κ1) is 21.0. The van der Waals surface area contributed by atoms with Gasteiger partial charge in [0.05, 0.1) is 4.92 Å². The Hall–Kier alpha value is -3.72. The van der Waals surface area contributed by atoms with E-state index >= 15 is 0 Å². The largest absolute Gasteiger partial charge is 0.379 e. The Morgan fingerprint density at radius 1 is 1.00 bits per heavy atom. The number of nitrogens with zero attached hydrogens (tertiary/aromatic N) is 2. The van der Waals surface area contributed by atoms with Crippen molar-refractivity contribution in [3.8, 4) is 5.75 Å². The number of carbonyl (C=O) groups is 1. The fraction of sp³-hybridized carbons (Fsp3) is 0.0952. The summed E-state index contributed by atoms with van der Waals surface area (Å²) < 4.78 is 29.8. The number of rotatable bonds is 6. The fourth-order valence-electron chi connectivity index (χ4n) is 2.66. The zero-order valence-electron chi connectivity index (χ0n) is 16.2. The van der Waals surface area contributed by atoms with Crippen molar-refractivity contribution < 1.29 is 22.3 Å². The first-order valence-electron chi connectivity index (χ1n) is 8.81. The summed E-state index contributed by atoms with van der Waals surface area (Å²) in [6, 6.07) is 17.6. The summed E-state index contributed by atoms with van der Waals surface area (Å²) in [5.41, 5.74) is 1.78. The Morgan fingerprint density at radius 2 is 1.63 bits per heavy atom. The summed E-state index contributed by atoms with van der Waals surface area (Å²) in [6.07, 6.45) is 0. The van der Waals surface area contributed by atoms with Crippen molar-refractivity contribution in [3.05, 3.63) is 94.0 Å². The molecular formula is C21H18N2O6S. The van der Waals surface area contributed by atoms with E-state index in [4.69, 9.17) is 4.18 Å². The number of aryl methyl sites for hydroxylation is 1. The van der Waals surface area contributed by atoms with Crippen LogP contribution in [0.3, 0.4) is 0 Å². The van der Waals surface area contributed by atoms with Crippen LogP contribution in [0.25, 0.3) is 0 Å². The Kier molecular flexibility index (Phi) is 5.84. The molecule has 0 heterocycles. The van der Waals surface area contributed by atoms with E-state index < -0.39 is 15.0 Å². The van der Waals surface area contributed by atoms with Crippen LogP contribution in [0.15, 0.2) is 77.7 Å². The number of nitro benzene ring substituents is 1. The molecule has 0 bridgehead atoms. The van der Waals surface area contributed by atoms with Gasteiger partial charge in [0.25, 0.3) is 11.6 Å². The van der Waals surface area contributed by atoms with Crippen LogP contribution < -0.4 is 9.08 Å². The lowest BCUT2D eigenvalue weighted by Gasteiger charge is -2.17. The predicted octanol–water partition coefficient (Wildman–Crippen LogP) is 3.95. The van der Waals surface area contributed by atoms with Crippen molar-refractivity contribution in [2.24, 2.45) is 0 Å². The molecule has 154 valence electrons. The van der Waals surface area contributed by atoms with Gasteiger partial charge in [-0.25, -0.2) is 0 Å². The normalized spacial score (nSPS) is 11.0. The highest BCUT2D eigenvalue weighted by atomic mass is 32.2. The third kappa shape index (κ3) is 4.64. The molecule has 0 radical (unpaired) electrons. The van der Waals surface area contributed by atoms with Gasteiger partial charge in [0.1, 0.15) is 10.6 Å². The van der Waals surface area contributed by atoms with Crippen LogP contribution in [-0.2, 0) is 10.1 Å². The van der Waals surface area contributed by atoms with Crippen LogP contribution in [0.1, 0.15) is 15.9 Å². The molecule has 3 aromatic rings. The Morgan fingerprint density at radius 3 is 2.23 bits per heavy atom. The minimum absolute atomic E-state index is 0.0176.